The zero-order valence-electron chi connectivity index (χ0n) is 14.5. The lowest BCUT2D eigenvalue weighted by atomic mass is 9.86. The van der Waals surface area contributed by atoms with Crippen molar-refractivity contribution in [2.75, 3.05) is 11.4 Å². The number of benzene rings is 1. The number of rotatable bonds is 3. The van der Waals surface area contributed by atoms with E-state index in [9.17, 15) is 19.2 Å². The van der Waals surface area contributed by atoms with Gasteiger partial charge in [0.05, 0.1) is 5.69 Å². The van der Waals surface area contributed by atoms with E-state index in [1.807, 2.05) is 0 Å². The molecule has 0 spiro atoms. The monoisotopic (exact) mass is 366 g/mol. The molecule has 8 nitrogen and oxygen atoms in total. The summed E-state index contributed by atoms with van der Waals surface area (Å²) in [6.07, 6.45) is 3.24. The van der Waals surface area contributed by atoms with Crippen LogP contribution in [0.1, 0.15) is 19.3 Å². The van der Waals surface area contributed by atoms with Crippen molar-refractivity contribution in [3.63, 3.8) is 0 Å². The number of aromatic nitrogens is 1. The summed E-state index contributed by atoms with van der Waals surface area (Å²) in [6.45, 7) is 0.321. The lowest BCUT2D eigenvalue weighted by Crippen LogP contribution is -2.60. The van der Waals surface area contributed by atoms with Crippen LogP contribution in [0, 0.1) is 0 Å². The van der Waals surface area contributed by atoms with Gasteiger partial charge in [0.25, 0.3) is 17.4 Å². The first-order valence-corrected chi connectivity index (χ1v) is 8.71. The highest BCUT2D eigenvalue weighted by Gasteiger charge is 2.62. The van der Waals surface area contributed by atoms with Gasteiger partial charge < -0.3 is 10.6 Å². The number of anilines is 1. The Balaban J connectivity index is 1.72. The fraction of sp³-hybridized carbons (Fsp3) is 0.263. The largest absolute Gasteiger partial charge is 0.367 e. The van der Waals surface area contributed by atoms with E-state index in [4.69, 9.17) is 5.73 Å². The van der Waals surface area contributed by atoms with E-state index in [1.165, 1.54) is 15.5 Å². The molecule has 3 heterocycles. The fourth-order valence-corrected chi connectivity index (χ4v) is 3.84. The molecule has 27 heavy (non-hydrogen) atoms. The number of carbonyl (C=O) groups is 3. The Morgan fingerprint density at radius 3 is 2.30 bits per heavy atom. The van der Waals surface area contributed by atoms with Crippen molar-refractivity contribution in [1.82, 2.24) is 9.47 Å². The molecule has 2 N–H and O–H groups in total. The number of nitrogens with two attached hydrogens (primary N) is 1. The number of nitrogens with zero attached hydrogens (tertiary/aromatic N) is 3. The van der Waals surface area contributed by atoms with Gasteiger partial charge in [-0.05, 0) is 49.6 Å². The molecule has 4 amide bonds. The van der Waals surface area contributed by atoms with Crippen LogP contribution in [0.3, 0.4) is 0 Å². The van der Waals surface area contributed by atoms with Gasteiger partial charge in [-0.1, -0.05) is 6.07 Å². The van der Waals surface area contributed by atoms with Crippen molar-refractivity contribution in [2.45, 2.75) is 24.8 Å². The number of fused-ring (bicyclic) bond motifs is 1. The number of hydrogen-bond acceptors (Lipinski definition) is 4. The molecule has 1 aromatic heterocycles. The van der Waals surface area contributed by atoms with Gasteiger partial charge in [-0.25, -0.2) is 9.69 Å². The second-order valence-electron chi connectivity index (χ2n) is 6.68. The lowest BCUT2D eigenvalue weighted by Gasteiger charge is -2.35. The third kappa shape index (κ3) is 2.37. The Bertz CT molecular complexity index is 997. The van der Waals surface area contributed by atoms with Crippen LogP contribution >= 0.6 is 0 Å². The van der Waals surface area contributed by atoms with E-state index in [2.05, 4.69) is 0 Å². The first-order chi connectivity index (χ1) is 13.0. The minimum absolute atomic E-state index is 0.191. The summed E-state index contributed by atoms with van der Waals surface area (Å²) in [5.41, 5.74) is 4.69. The van der Waals surface area contributed by atoms with Crippen LogP contribution in [0.4, 0.5) is 10.5 Å². The molecular weight excluding hydrogens is 348 g/mol. The minimum atomic E-state index is -1.59. The number of piperidine rings is 1. The molecule has 0 bridgehead atoms. The van der Waals surface area contributed by atoms with Gasteiger partial charge in [-0.15, -0.1) is 0 Å². The van der Waals surface area contributed by atoms with Gasteiger partial charge in [0.2, 0.25) is 5.54 Å². The number of hydrogen-bond donors (Lipinski definition) is 1. The van der Waals surface area contributed by atoms with Crippen LogP contribution in [0.5, 0.6) is 0 Å². The van der Waals surface area contributed by atoms with Crippen molar-refractivity contribution in [3.05, 3.63) is 59.0 Å². The number of imide groups is 1. The highest BCUT2D eigenvalue weighted by molar-refractivity contribution is 6.30. The lowest BCUT2D eigenvalue weighted by molar-refractivity contribution is -0.139. The molecule has 2 fully saturated rings. The van der Waals surface area contributed by atoms with Gasteiger partial charge in [-0.2, -0.15) is 0 Å². The molecule has 0 radical (unpaired) electrons. The van der Waals surface area contributed by atoms with E-state index < -0.39 is 23.4 Å². The summed E-state index contributed by atoms with van der Waals surface area (Å²) < 4.78 is 1.45. The number of pyridine rings is 1. The Kier molecular flexibility index (Phi) is 3.83. The second kappa shape index (κ2) is 6.08. The van der Waals surface area contributed by atoms with Crippen molar-refractivity contribution in [2.24, 2.45) is 5.73 Å². The SMILES string of the molecule is NC(=O)[C@]12CCCCN1C(=O)N(c1ccc(-n3ccccc3=O)cc1)C2=O. The van der Waals surface area contributed by atoms with Crippen LogP contribution < -0.4 is 16.2 Å². The summed E-state index contributed by atoms with van der Waals surface area (Å²) >= 11 is 0. The fourth-order valence-electron chi connectivity index (χ4n) is 3.84. The van der Waals surface area contributed by atoms with Gasteiger partial charge in [0.15, 0.2) is 0 Å². The zero-order valence-corrected chi connectivity index (χ0v) is 14.5. The molecule has 8 heteroatoms. The third-order valence-electron chi connectivity index (χ3n) is 5.23. The number of primary amides is 1. The second-order valence-corrected chi connectivity index (χ2v) is 6.68. The Morgan fingerprint density at radius 1 is 0.963 bits per heavy atom. The maximum absolute atomic E-state index is 13.0. The summed E-state index contributed by atoms with van der Waals surface area (Å²) in [7, 11) is 0. The summed E-state index contributed by atoms with van der Waals surface area (Å²) in [5.74, 6) is -1.40. The molecule has 2 aliphatic heterocycles. The van der Waals surface area contributed by atoms with Gasteiger partial charge in [0, 0.05) is 24.5 Å². The molecule has 1 atom stereocenters. The van der Waals surface area contributed by atoms with Crippen LogP contribution in [-0.2, 0) is 9.59 Å². The number of carbonyl (C=O) groups excluding carboxylic acids is 3. The van der Waals surface area contributed by atoms with Crippen LogP contribution in [0.15, 0.2) is 53.5 Å². The van der Waals surface area contributed by atoms with Crippen molar-refractivity contribution in [1.29, 1.82) is 0 Å². The molecule has 1 aromatic carbocycles. The maximum Gasteiger partial charge on any atom is 0.332 e. The van der Waals surface area contributed by atoms with Crippen LogP contribution in [0.25, 0.3) is 5.69 Å². The van der Waals surface area contributed by atoms with E-state index in [1.54, 1.807) is 42.6 Å². The van der Waals surface area contributed by atoms with Crippen LogP contribution in [-0.4, -0.2) is 39.4 Å². The van der Waals surface area contributed by atoms with Gasteiger partial charge >= 0.3 is 6.03 Å². The number of urea groups is 1. The molecule has 2 saturated heterocycles. The zero-order chi connectivity index (χ0) is 19.2. The highest BCUT2D eigenvalue weighted by atomic mass is 16.2. The topological polar surface area (TPSA) is 106 Å². The predicted octanol–water partition coefficient (Wildman–Crippen LogP) is 1.01. The predicted molar refractivity (Wildman–Crippen MR) is 97.4 cm³/mol. The molecule has 138 valence electrons. The van der Waals surface area contributed by atoms with Crippen molar-refractivity contribution < 1.29 is 14.4 Å². The average molecular weight is 366 g/mol. The summed E-state index contributed by atoms with van der Waals surface area (Å²) in [5, 5.41) is 0. The number of amides is 4. The molecule has 4 rings (SSSR count). The Labute approximate surface area is 154 Å². The Morgan fingerprint density at radius 2 is 1.67 bits per heavy atom. The van der Waals surface area contributed by atoms with E-state index in [0.717, 1.165) is 11.3 Å². The molecule has 0 unspecified atom stereocenters. The quantitative estimate of drug-likeness (QED) is 0.646. The standard InChI is InChI=1S/C19H18N4O4/c20-16(25)19-10-2-4-12-22(19)18(27)23(17(19)26)14-8-6-13(7-9-14)21-11-3-1-5-15(21)24/h1,3,5-9,11H,2,4,10,12H2,(H2,20,25)/t19-/m0/s1. The summed E-state index contributed by atoms with van der Waals surface area (Å²) in [4.78, 5) is 52.2. The molecule has 2 aromatic rings. The maximum atomic E-state index is 13.0. The smallest absolute Gasteiger partial charge is 0.332 e. The van der Waals surface area contributed by atoms with E-state index in [0.29, 0.717) is 24.3 Å². The van der Waals surface area contributed by atoms with Crippen molar-refractivity contribution in [3.8, 4) is 5.69 Å². The highest BCUT2D eigenvalue weighted by Crippen LogP contribution is 2.38. The first kappa shape index (κ1) is 17.0. The molecule has 0 aliphatic carbocycles. The molecule has 2 aliphatic rings. The first-order valence-electron chi connectivity index (χ1n) is 8.71. The van der Waals surface area contributed by atoms with Crippen LogP contribution in [0.2, 0.25) is 0 Å². The minimum Gasteiger partial charge on any atom is -0.367 e. The van der Waals surface area contributed by atoms with E-state index >= 15 is 0 Å². The van der Waals surface area contributed by atoms with Crippen molar-refractivity contribution >= 4 is 23.5 Å². The Hall–Kier alpha value is -3.42. The molecular formula is C19H18N4O4. The van der Waals surface area contributed by atoms with Gasteiger partial charge in [-0.3, -0.25) is 19.0 Å². The summed E-state index contributed by atoms with van der Waals surface area (Å²) in [6, 6.07) is 10.7. The molecule has 0 saturated carbocycles. The third-order valence-corrected chi connectivity index (χ3v) is 5.23. The van der Waals surface area contributed by atoms with E-state index in [-0.39, 0.29) is 12.0 Å². The normalized spacial score (nSPS) is 22.1. The van der Waals surface area contributed by atoms with Gasteiger partial charge in [0.1, 0.15) is 0 Å². The average Bonchev–Trinajstić information content (AvgIpc) is 2.91.